The molecule has 6 nitrogen and oxygen atoms in total. The van der Waals surface area contributed by atoms with Crippen LogP contribution < -0.4 is 0 Å². The van der Waals surface area contributed by atoms with E-state index in [1.807, 2.05) is 29.5 Å². The lowest BCUT2D eigenvalue weighted by molar-refractivity contribution is -0.161. The lowest BCUT2D eigenvalue weighted by atomic mass is 9.97. The predicted octanol–water partition coefficient (Wildman–Crippen LogP) is 0.918. The highest BCUT2D eigenvalue weighted by Gasteiger charge is 2.61. The molecule has 106 valence electrons. The number of ether oxygens (including phenoxy) is 2. The highest BCUT2D eigenvalue weighted by molar-refractivity contribution is 14.1. The highest BCUT2D eigenvalue weighted by atomic mass is 127. The molecule has 0 bridgehead atoms. The van der Waals surface area contributed by atoms with Crippen molar-refractivity contribution in [1.29, 1.82) is 0 Å². The van der Waals surface area contributed by atoms with Gasteiger partial charge in [0.25, 0.3) is 0 Å². The minimum Gasteiger partial charge on any atom is -0.464 e. The highest BCUT2D eigenvalue weighted by Crippen LogP contribution is 2.51. The van der Waals surface area contributed by atoms with Crippen LogP contribution in [0.1, 0.15) is 20.3 Å². The van der Waals surface area contributed by atoms with Crippen LogP contribution in [0.5, 0.6) is 0 Å². The molecule has 0 radical (unpaired) electrons. The Kier molecular flexibility index (Phi) is 4.29. The second-order valence-corrected chi connectivity index (χ2v) is 6.98. The number of esters is 2. The van der Waals surface area contributed by atoms with E-state index in [9.17, 15) is 14.4 Å². The molecule has 2 fully saturated rings. The average molecular weight is 399 g/mol. The molecule has 0 spiro atoms. The molecule has 3 atom stereocenters. The third-order valence-electron chi connectivity index (χ3n) is 3.19. The Hall–Kier alpha value is -0.510. The van der Waals surface area contributed by atoms with Gasteiger partial charge in [-0.25, -0.2) is 4.79 Å². The smallest absolute Gasteiger partial charge is 0.331 e. The van der Waals surface area contributed by atoms with Crippen LogP contribution in [0, 0.1) is 0 Å². The molecule has 2 aliphatic heterocycles. The molecule has 1 amide bonds. The van der Waals surface area contributed by atoms with Crippen LogP contribution in [-0.4, -0.2) is 50.1 Å². The summed E-state index contributed by atoms with van der Waals surface area (Å²) in [6, 6.07) is -0.683. The van der Waals surface area contributed by atoms with Crippen LogP contribution in [0.4, 0.5) is 0 Å². The number of β-lactam (4-membered cyclic amide) rings is 1. The van der Waals surface area contributed by atoms with Gasteiger partial charge in [0, 0.05) is 6.92 Å². The Bertz CT molecular complexity index is 431. The van der Waals surface area contributed by atoms with Crippen LogP contribution in [0.25, 0.3) is 0 Å². The standard InChI is InChI=1S/C11H14INO5S/c1-6(14)17-4-11(2)9(10(16)18-5-12)13-7(15)3-8(13)19-11/h8-9H,3-5H2,1-2H3/t8-,9+,11+/m1/s1. The van der Waals surface area contributed by atoms with Gasteiger partial charge in [0.1, 0.15) is 17.3 Å². The molecule has 2 heterocycles. The summed E-state index contributed by atoms with van der Waals surface area (Å²) in [4.78, 5) is 36.2. The number of nitrogens with zero attached hydrogens (tertiary/aromatic N) is 1. The number of rotatable bonds is 4. The number of halogens is 1. The van der Waals surface area contributed by atoms with Gasteiger partial charge in [0.2, 0.25) is 5.91 Å². The maximum atomic E-state index is 12.1. The number of thioether (sulfide) groups is 1. The molecule has 2 aliphatic rings. The Labute approximate surface area is 128 Å². The first kappa shape index (κ1) is 14.9. The monoisotopic (exact) mass is 399 g/mol. The molecule has 0 saturated carbocycles. The van der Waals surface area contributed by atoms with E-state index in [0.717, 1.165) is 0 Å². The van der Waals surface area contributed by atoms with Crippen LogP contribution >= 0.6 is 34.4 Å². The first-order valence-corrected chi connectivity index (χ1v) is 8.14. The maximum Gasteiger partial charge on any atom is 0.331 e. The van der Waals surface area contributed by atoms with Crippen LogP contribution in [0.15, 0.2) is 0 Å². The number of carbonyl (C=O) groups excluding carboxylic acids is 3. The summed E-state index contributed by atoms with van der Waals surface area (Å²) in [5, 5.41) is -0.0141. The first-order chi connectivity index (χ1) is 8.89. The van der Waals surface area contributed by atoms with Crippen molar-refractivity contribution in [1.82, 2.24) is 4.90 Å². The number of hydrogen-bond acceptors (Lipinski definition) is 6. The number of hydrogen-bond donors (Lipinski definition) is 0. The molecular formula is C11H14INO5S. The van der Waals surface area contributed by atoms with E-state index < -0.39 is 22.7 Å². The van der Waals surface area contributed by atoms with Crippen molar-refractivity contribution >= 4 is 52.2 Å². The maximum absolute atomic E-state index is 12.1. The predicted molar refractivity (Wildman–Crippen MR) is 76.6 cm³/mol. The molecule has 2 saturated heterocycles. The molecule has 2 rings (SSSR count). The van der Waals surface area contributed by atoms with Gasteiger partial charge in [0.15, 0.2) is 0 Å². The first-order valence-electron chi connectivity index (χ1n) is 5.74. The molecule has 0 N–H and O–H groups in total. The summed E-state index contributed by atoms with van der Waals surface area (Å²) in [5.74, 6) is -0.894. The second-order valence-electron chi connectivity index (χ2n) is 4.65. The third-order valence-corrected chi connectivity index (χ3v) is 5.05. The Morgan fingerprint density at radius 3 is 2.74 bits per heavy atom. The van der Waals surface area contributed by atoms with E-state index in [1.165, 1.54) is 18.7 Å². The van der Waals surface area contributed by atoms with Crippen molar-refractivity contribution in [2.45, 2.75) is 36.4 Å². The number of alkyl halides is 1. The van der Waals surface area contributed by atoms with Crippen molar-refractivity contribution in [3.05, 3.63) is 0 Å². The molecule has 0 aromatic heterocycles. The lowest BCUT2D eigenvalue weighted by Crippen LogP contribution is -2.58. The van der Waals surface area contributed by atoms with Crippen LogP contribution in [0.2, 0.25) is 0 Å². The summed E-state index contributed by atoms with van der Waals surface area (Å²) in [6.45, 7) is 3.24. The Morgan fingerprint density at radius 1 is 1.53 bits per heavy atom. The minimum absolute atomic E-state index is 0.0141. The van der Waals surface area contributed by atoms with E-state index in [0.29, 0.717) is 6.42 Å². The zero-order valence-electron chi connectivity index (χ0n) is 10.6. The average Bonchev–Trinajstić information content (AvgIpc) is 2.56. The van der Waals surface area contributed by atoms with Crippen molar-refractivity contribution in [2.75, 3.05) is 11.2 Å². The lowest BCUT2D eigenvalue weighted by Gasteiger charge is -2.37. The van der Waals surface area contributed by atoms with E-state index in [-0.39, 0.29) is 22.5 Å². The molecule has 19 heavy (non-hydrogen) atoms. The van der Waals surface area contributed by atoms with Gasteiger partial charge in [-0.15, -0.1) is 11.8 Å². The molecular weight excluding hydrogens is 385 g/mol. The van der Waals surface area contributed by atoms with Gasteiger partial charge >= 0.3 is 11.9 Å². The molecule has 0 aromatic rings. The topological polar surface area (TPSA) is 72.9 Å². The molecule has 0 aromatic carbocycles. The van der Waals surface area contributed by atoms with Crippen molar-refractivity contribution < 1.29 is 23.9 Å². The fraction of sp³-hybridized carbons (Fsp3) is 0.727. The normalized spacial score (nSPS) is 32.6. The van der Waals surface area contributed by atoms with Gasteiger partial charge in [-0.05, 0) is 29.5 Å². The van der Waals surface area contributed by atoms with Gasteiger partial charge in [0.05, 0.1) is 16.5 Å². The van der Waals surface area contributed by atoms with Gasteiger partial charge in [-0.1, -0.05) is 0 Å². The number of fused-ring (bicyclic) bond motifs is 1. The largest absolute Gasteiger partial charge is 0.464 e. The summed E-state index contributed by atoms with van der Waals surface area (Å²) < 4.78 is 9.65. The number of amides is 1. The molecule has 0 aliphatic carbocycles. The summed E-state index contributed by atoms with van der Waals surface area (Å²) in [5.41, 5.74) is 0. The second kappa shape index (κ2) is 5.47. The zero-order chi connectivity index (χ0) is 14.2. The summed E-state index contributed by atoms with van der Waals surface area (Å²) in [7, 11) is 0. The Balaban J connectivity index is 2.18. The van der Waals surface area contributed by atoms with Crippen molar-refractivity contribution in [3.63, 3.8) is 0 Å². The fourth-order valence-corrected chi connectivity index (χ4v) is 4.31. The quantitative estimate of drug-likeness (QED) is 0.303. The Morgan fingerprint density at radius 2 is 2.21 bits per heavy atom. The van der Waals surface area contributed by atoms with Crippen molar-refractivity contribution in [3.8, 4) is 0 Å². The summed E-state index contributed by atoms with van der Waals surface area (Å²) in [6.07, 6.45) is 0.425. The van der Waals surface area contributed by atoms with E-state index >= 15 is 0 Å². The SMILES string of the molecule is CC(=O)OC[C@]1(C)S[C@@H]2CC(=O)N2[C@H]1C(=O)OCI. The minimum atomic E-state index is -0.683. The molecule has 0 unspecified atom stereocenters. The summed E-state index contributed by atoms with van der Waals surface area (Å²) >= 11 is 3.43. The number of carbonyl (C=O) groups is 3. The third kappa shape index (κ3) is 2.69. The van der Waals surface area contributed by atoms with E-state index in [2.05, 4.69) is 0 Å². The van der Waals surface area contributed by atoms with Crippen molar-refractivity contribution in [2.24, 2.45) is 0 Å². The van der Waals surface area contributed by atoms with Gasteiger partial charge in [-0.3, -0.25) is 9.59 Å². The zero-order valence-corrected chi connectivity index (χ0v) is 13.5. The van der Waals surface area contributed by atoms with Crippen LogP contribution in [0.3, 0.4) is 0 Å². The van der Waals surface area contributed by atoms with E-state index in [4.69, 9.17) is 9.47 Å². The van der Waals surface area contributed by atoms with Gasteiger partial charge < -0.3 is 14.4 Å². The van der Waals surface area contributed by atoms with Gasteiger partial charge in [-0.2, -0.15) is 0 Å². The van der Waals surface area contributed by atoms with Crippen LogP contribution in [-0.2, 0) is 23.9 Å². The van der Waals surface area contributed by atoms with E-state index in [1.54, 1.807) is 4.90 Å². The molecule has 8 heteroatoms. The fourth-order valence-electron chi connectivity index (χ4n) is 2.33.